The molecule has 0 fully saturated rings. The summed E-state index contributed by atoms with van der Waals surface area (Å²) in [4.78, 5) is 24.2. The minimum absolute atomic E-state index is 0.315. The molecule has 0 saturated carbocycles. The van der Waals surface area contributed by atoms with Crippen LogP contribution in [0.25, 0.3) is 11.0 Å². The van der Waals surface area contributed by atoms with Gasteiger partial charge in [-0.2, -0.15) is 0 Å². The number of hydrogen-bond acceptors (Lipinski definition) is 6. The van der Waals surface area contributed by atoms with Crippen LogP contribution in [-0.4, -0.2) is 29.2 Å². The molecule has 1 unspecified atom stereocenters. The van der Waals surface area contributed by atoms with E-state index in [1.807, 2.05) is 36.4 Å². The number of hydrogen-bond donors (Lipinski definition) is 1. The third-order valence-corrected chi connectivity index (χ3v) is 5.63. The summed E-state index contributed by atoms with van der Waals surface area (Å²) in [5, 5.41) is 10.6. The summed E-state index contributed by atoms with van der Waals surface area (Å²) in [7, 11) is 1.37. The average Bonchev–Trinajstić information content (AvgIpc) is 2.78. The monoisotopic (exact) mass is 434 g/mol. The van der Waals surface area contributed by atoms with Gasteiger partial charge in [-0.15, -0.1) is 0 Å². The molecule has 0 amide bonds. The number of carbonyl (C=O) groups is 1. The molecule has 2 heterocycles. The largest absolute Gasteiger partial charge is 0.475 e. The molecule has 1 atom stereocenters. The van der Waals surface area contributed by atoms with Crippen LogP contribution >= 0.6 is 0 Å². The molecule has 4 rings (SSSR count). The van der Waals surface area contributed by atoms with E-state index >= 15 is 0 Å². The molecule has 0 spiro atoms. The Morgan fingerprint density at radius 3 is 2.72 bits per heavy atom. The van der Waals surface area contributed by atoms with Crippen molar-refractivity contribution in [2.45, 2.75) is 26.4 Å². The zero-order valence-corrected chi connectivity index (χ0v) is 18.0. The van der Waals surface area contributed by atoms with E-state index in [-0.39, 0.29) is 5.95 Å². The number of carbonyl (C=O) groups excluding carboxylic acids is 1. The van der Waals surface area contributed by atoms with Crippen molar-refractivity contribution in [1.29, 1.82) is 0 Å². The van der Waals surface area contributed by atoms with Gasteiger partial charge in [-0.1, -0.05) is 30.3 Å². The normalized spacial score (nSPS) is 17.2. The highest BCUT2D eigenvalue weighted by atomic mass is 16.6. The van der Waals surface area contributed by atoms with Crippen molar-refractivity contribution in [2.75, 3.05) is 13.7 Å². The second-order valence-corrected chi connectivity index (χ2v) is 7.87. The minimum atomic E-state index is -0.438. The highest BCUT2D eigenvalue weighted by Crippen LogP contribution is 2.32. The topological polar surface area (TPSA) is 86.0 Å². The number of methoxy groups -OCH3 is 1. The summed E-state index contributed by atoms with van der Waals surface area (Å²) in [6.07, 6.45) is 2.38. The molecule has 7 heteroatoms. The van der Waals surface area contributed by atoms with Gasteiger partial charge in [-0.25, -0.2) is 4.79 Å². The van der Waals surface area contributed by atoms with E-state index in [0.717, 1.165) is 16.5 Å². The lowest BCUT2D eigenvalue weighted by atomic mass is 9.95. The van der Waals surface area contributed by atoms with Gasteiger partial charge in [0.2, 0.25) is 0 Å². The van der Waals surface area contributed by atoms with Crippen molar-refractivity contribution in [1.82, 2.24) is 0 Å². The van der Waals surface area contributed by atoms with Crippen molar-refractivity contribution >= 4 is 16.9 Å². The zero-order chi connectivity index (χ0) is 22.7. The molecule has 3 aromatic rings. The van der Waals surface area contributed by atoms with E-state index in [1.54, 1.807) is 18.3 Å². The Hall–Kier alpha value is -3.80. The molecule has 7 nitrogen and oxygen atoms in total. The van der Waals surface area contributed by atoms with E-state index < -0.39 is 11.6 Å². The summed E-state index contributed by atoms with van der Waals surface area (Å²) in [5.41, 5.74) is 5.39. The summed E-state index contributed by atoms with van der Waals surface area (Å²) in [6, 6.07) is 15.0. The molecule has 0 saturated heterocycles. The Kier molecular flexibility index (Phi) is 5.86. The van der Waals surface area contributed by atoms with Crippen molar-refractivity contribution < 1.29 is 28.3 Å². The standard InChI is InChI=1S/C25H23NO6/c1-17(27)31-19-8-9-21-20-10-12-26(13-11-24(28)30-2,15-18-6-4-3-5-7-18)16-22(20)25(29)32-23(21)14-19/h3-9,13-14H,10,12,15-16H2,1-2H3/p+1. The maximum Gasteiger partial charge on any atom is 0.345 e. The van der Waals surface area contributed by atoms with Crippen LogP contribution in [0.15, 0.2) is 75.6 Å². The van der Waals surface area contributed by atoms with E-state index in [4.69, 9.17) is 13.9 Å². The quantitative estimate of drug-likeness (QED) is 0.163. The fraction of sp³-hybridized carbons (Fsp3) is 0.240. The second kappa shape index (κ2) is 8.75. The smallest absolute Gasteiger partial charge is 0.345 e. The molecular weight excluding hydrogens is 410 g/mol. The van der Waals surface area contributed by atoms with E-state index in [1.165, 1.54) is 14.0 Å². The fourth-order valence-electron chi connectivity index (χ4n) is 4.18. The lowest BCUT2D eigenvalue weighted by molar-refractivity contribution is -0.908. The van der Waals surface area contributed by atoms with Gasteiger partial charge < -0.3 is 19.0 Å². The first-order valence-electron chi connectivity index (χ1n) is 10.3. The summed E-state index contributed by atoms with van der Waals surface area (Å²) in [5.74, 6) is -0.419. The maximum absolute atomic E-state index is 12.9. The van der Waals surface area contributed by atoms with Crippen LogP contribution in [0.3, 0.4) is 0 Å². The van der Waals surface area contributed by atoms with Gasteiger partial charge in [0, 0.05) is 36.1 Å². The number of rotatable bonds is 5. The van der Waals surface area contributed by atoms with Gasteiger partial charge in [0.1, 0.15) is 30.6 Å². The second-order valence-electron chi connectivity index (χ2n) is 7.87. The number of aliphatic hydroxyl groups excluding tert-OH is 1. The number of esters is 1. The van der Waals surface area contributed by atoms with Gasteiger partial charge in [-0.3, -0.25) is 9.28 Å². The Balaban J connectivity index is 1.79. The number of quaternary nitrogens is 1. The minimum Gasteiger partial charge on any atom is -0.475 e. The lowest BCUT2D eigenvalue weighted by Crippen LogP contribution is -2.47. The van der Waals surface area contributed by atoms with Crippen molar-refractivity contribution in [3.8, 4) is 5.75 Å². The first kappa shape index (κ1) is 21.4. The first-order chi connectivity index (χ1) is 15.4. The molecule has 32 heavy (non-hydrogen) atoms. The van der Waals surface area contributed by atoms with Gasteiger partial charge in [0.15, 0.2) is 0 Å². The fourth-order valence-corrected chi connectivity index (χ4v) is 4.18. The zero-order valence-electron chi connectivity index (χ0n) is 18.0. The molecule has 164 valence electrons. The molecule has 2 aromatic carbocycles. The van der Waals surface area contributed by atoms with E-state index in [9.17, 15) is 14.7 Å². The third kappa shape index (κ3) is 4.44. The predicted octanol–water partition coefficient (Wildman–Crippen LogP) is 3.95. The van der Waals surface area contributed by atoms with Crippen LogP contribution in [0.2, 0.25) is 0 Å². The number of fused-ring (bicyclic) bond motifs is 3. The Morgan fingerprint density at radius 2 is 2.00 bits per heavy atom. The van der Waals surface area contributed by atoms with Gasteiger partial charge in [0.25, 0.3) is 0 Å². The van der Waals surface area contributed by atoms with Gasteiger partial charge >= 0.3 is 17.5 Å². The third-order valence-electron chi connectivity index (χ3n) is 5.63. The van der Waals surface area contributed by atoms with Crippen LogP contribution in [0, 0.1) is 0 Å². The first-order valence-corrected chi connectivity index (χ1v) is 10.3. The Labute approximate surface area is 185 Å². The van der Waals surface area contributed by atoms with Gasteiger partial charge in [-0.05, 0) is 17.7 Å². The molecule has 1 N–H and O–H groups in total. The van der Waals surface area contributed by atoms with Crippen molar-refractivity contribution in [3.05, 3.63) is 93.5 Å². The molecule has 1 aliphatic heterocycles. The van der Waals surface area contributed by atoms with Crippen LogP contribution in [-0.2, 0) is 29.0 Å². The molecule has 0 radical (unpaired) electrons. The SMILES string of the molecule is COC(O)=C=C[N+]1(Cc2ccccc2)CCc2c(c(=O)oc3cc(OC(C)=O)ccc23)C1. The average molecular weight is 434 g/mol. The Bertz CT molecular complexity index is 1290. The van der Waals surface area contributed by atoms with Crippen molar-refractivity contribution in [3.63, 3.8) is 0 Å². The molecule has 1 aromatic heterocycles. The predicted molar refractivity (Wildman–Crippen MR) is 118 cm³/mol. The van der Waals surface area contributed by atoms with E-state index in [2.05, 4.69) is 5.73 Å². The van der Waals surface area contributed by atoms with E-state index in [0.29, 0.717) is 47.4 Å². The number of nitrogens with zero attached hydrogens (tertiary/aromatic N) is 1. The lowest BCUT2D eigenvalue weighted by Gasteiger charge is -2.38. The summed E-state index contributed by atoms with van der Waals surface area (Å²) < 4.78 is 15.9. The molecule has 1 aliphatic rings. The molecule has 0 aliphatic carbocycles. The Morgan fingerprint density at radius 1 is 1.22 bits per heavy atom. The number of ether oxygens (including phenoxy) is 2. The van der Waals surface area contributed by atoms with Crippen LogP contribution in [0.4, 0.5) is 0 Å². The van der Waals surface area contributed by atoms with Crippen LogP contribution in [0.5, 0.6) is 5.75 Å². The van der Waals surface area contributed by atoms with Crippen LogP contribution < -0.4 is 10.4 Å². The maximum atomic E-state index is 12.9. The highest BCUT2D eigenvalue weighted by molar-refractivity contribution is 5.83. The number of benzene rings is 2. The molecule has 0 bridgehead atoms. The van der Waals surface area contributed by atoms with Crippen LogP contribution in [0.1, 0.15) is 23.6 Å². The molecular formula is C25H24NO6+. The highest BCUT2D eigenvalue weighted by Gasteiger charge is 2.35. The number of aliphatic hydroxyl groups is 1. The van der Waals surface area contributed by atoms with Crippen molar-refractivity contribution in [2.24, 2.45) is 0 Å². The summed E-state index contributed by atoms with van der Waals surface area (Å²) in [6.45, 7) is 3.02. The summed E-state index contributed by atoms with van der Waals surface area (Å²) >= 11 is 0. The van der Waals surface area contributed by atoms with Gasteiger partial charge in [0.05, 0.1) is 19.2 Å².